The summed E-state index contributed by atoms with van der Waals surface area (Å²) < 4.78 is 5.23. The number of aromatic nitrogens is 2. The highest BCUT2D eigenvalue weighted by molar-refractivity contribution is 7.13. The van der Waals surface area contributed by atoms with Crippen LogP contribution in [0.5, 0.6) is 5.75 Å². The molecule has 2 heterocycles. The minimum absolute atomic E-state index is 0.0714. The summed E-state index contributed by atoms with van der Waals surface area (Å²) in [5.41, 5.74) is 1.69. The molecule has 166 valence electrons. The van der Waals surface area contributed by atoms with E-state index in [9.17, 15) is 9.59 Å². The van der Waals surface area contributed by atoms with Gasteiger partial charge in [-0.1, -0.05) is 41.7 Å². The van der Waals surface area contributed by atoms with Gasteiger partial charge >= 0.3 is 6.03 Å². The average Bonchev–Trinajstić information content (AvgIpc) is 3.34. The number of urea groups is 1. The van der Waals surface area contributed by atoms with Crippen molar-refractivity contribution in [2.24, 2.45) is 0 Å². The normalized spacial score (nSPS) is 15.8. The molecule has 3 aromatic rings. The fourth-order valence-electron chi connectivity index (χ4n) is 3.63. The third kappa shape index (κ3) is 5.42. The molecule has 4 rings (SSSR count). The molecule has 1 aliphatic rings. The van der Waals surface area contributed by atoms with E-state index >= 15 is 0 Å². The van der Waals surface area contributed by atoms with Crippen LogP contribution in [0.25, 0.3) is 0 Å². The largest absolute Gasteiger partial charge is 0.497 e. The maximum absolute atomic E-state index is 12.7. The van der Waals surface area contributed by atoms with Crippen LogP contribution in [0.3, 0.4) is 0 Å². The van der Waals surface area contributed by atoms with Gasteiger partial charge in [-0.3, -0.25) is 4.79 Å². The first kappa shape index (κ1) is 21.8. The summed E-state index contributed by atoms with van der Waals surface area (Å²) in [4.78, 5) is 27.0. The van der Waals surface area contributed by atoms with Gasteiger partial charge in [0.25, 0.3) is 5.91 Å². The van der Waals surface area contributed by atoms with Crippen LogP contribution in [0, 0.1) is 0 Å². The topological polar surface area (TPSA) is 96.4 Å². The number of methoxy groups -OCH3 is 1. The fraction of sp³-hybridized carbons (Fsp3) is 0.304. The maximum Gasteiger partial charge on any atom is 0.317 e. The molecule has 2 N–H and O–H groups in total. The van der Waals surface area contributed by atoms with Crippen molar-refractivity contribution in [2.45, 2.75) is 25.3 Å². The van der Waals surface area contributed by atoms with Gasteiger partial charge in [0.1, 0.15) is 10.8 Å². The summed E-state index contributed by atoms with van der Waals surface area (Å²) in [6, 6.07) is 16.8. The zero-order chi connectivity index (χ0) is 22.3. The number of para-hydroxylation sites is 1. The molecule has 1 aliphatic heterocycles. The Bertz CT molecular complexity index is 1070. The van der Waals surface area contributed by atoms with E-state index in [-0.39, 0.29) is 17.9 Å². The number of hydrogen-bond donors (Lipinski definition) is 2. The molecule has 0 spiro atoms. The number of nitrogens with zero attached hydrogens (tertiary/aromatic N) is 3. The first-order chi connectivity index (χ1) is 15.6. The van der Waals surface area contributed by atoms with Crippen molar-refractivity contribution < 1.29 is 14.3 Å². The maximum atomic E-state index is 12.7. The van der Waals surface area contributed by atoms with Crippen LogP contribution in [-0.4, -0.2) is 47.2 Å². The molecular weight excluding hydrogens is 426 g/mol. The fourth-order valence-corrected chi connectivity index (χ4v) is 4.50. The molecule has 3 amide bonds. The zero-order valence-corrected chi connectivity index (χ0v) is 18.6. The Balaban J connectivity index is 1.33. The molecular formula is C23H25N5O3S. The molecule has 0 radical (unpaired) electrons. The lowest BCUT2D eigenvalue weighted by Crippen LogP contribution is -2.44. The Morgan fingerprint density at radius 3 is 2.81 bits per heavy atom. The predicted molar refractivity (Wildman–Crippen MR) is 123 cm³/mol. The number of piperidine rings is 1. The highest BCUT2D eigenvalue weighted by Crippen LogP contribution is 2.29. The van der Waals surface area contributed by atoms with Crippen LogP contribution >= 0.6 is 11.3 Å². The summed E-state index contributed by atoms with van der Waals surface area (Å²) in [5.74, 6) is 0.559. The van der Waals surface area contributed by atoms with Gasteiger partial charge in [-0.15, -0.1) is 10.2 Å². The number of anilines is 1. The van der Waals surface area contributed by atoms with Gasteiger partial charge < -0.3 is 20.3 Å². The molecule has 1 atom stereocenters. The van der Waals surface area contributed by atoms with E-state index < -0.39 is 0 Å². The first-order valence-electron chi connectivity index (χ1n) is 10.5. The number of benzene rings is 2. The number of likely N-dealkylation sites (tertiary alicyclic amines) is 1. The summed E-state index contributed by atoms with van der Waals surface area (Å²) in [5, 5.41) is 15.2. The van der Waals surface area contributed by atoms with E-state index in [0.717, 1.165) is 29.2 Å². The molecule has 1 fully saturated rings. The number of carbonyl (C=O) groups excluding carboxylic acids is 2. The molecule has 1 saturated heterocycles. The van der Waals surface area contributed by atoms with Crippen molar-refractivity contribution in [3.63, 3.8) is 0 Å². The van der Waals surface area contributed by atoms with E-state index in [1.54, 1.807) is 12.0 Å². The lowest BCUT2D eigenvalue weighted by Gasteiger charge is -2.31. The summed E-state index contributed by atoms with van der Waals surface area (Å²) in [6.45, 7) is 1.68. The summed E-state index contributed by atoms with van der Waals surface area (Å²) in [6.07, 6.45) is 1.79. The number of nitrogens with one attached hydrogen (secondary N) is 2. The third-order valence-electron chi connectivity index (χ3n) is 5.30. The molecule has 0 saturated carbocycles. The standard InChI is InChI=1S/C23H25N5O3S/c1-31-19-11-5-7-16(13-19)14-24-23(30)28-12-6-8-17(15-28)21-26-27-22(32-21)20(29)25-18-9-3-2-4-10-18/h2-5,7,9-11,13,17H,6,8,12,14-15H2,1H3,(H,24,30)(H,25,29). The molecule has 1 aromatic heterocycles. The van der Waals surface area contributed by atoms with Crippen molar-refractivity contribution in [1.82, 2.24) is 20.4 Å². The lowest BCUT2D eigenvalue weighted by molar-refractivity contribution is 0.102. The van der Waals surface area contributed by atoms with Gasteiger partial charge in [0.05, 0.1) is 7.11 Å². The Labute approximate surface area is 190 Å². The summed E-state index contributed by atoms with van der Waals surface area (Å²) >= 11 is 1.29. The lowest BCUT2D eigenvalue weighted by atomic mass is 9.99. The number of rotatable bonds is 6. The smallest absolute Gasteiger partial charge is 0.317 e. The van der Waals surface area contributed by atoms with Crippen LogP contribution in [-0.2, 0) is 6.54 Å². The molecule has 2 aromatic carbocycles. The van der Waals surface area contributed by atoms with E-state index in [2.05, 4.69) is 20.8 Å². The summed E-state index contributed by atoms with van der Waals surface area (Å²) in [7, 11) is 1.62. The number of carbonyl (C=O) groups is 2. The highest BCUT2D eigenvalue weighted by Gasteiger charge is 2.28. The molecule has 1 unspecified atom stereocenters. The Hall–Kier alpha value is -3.46. The molecule has 9 heteroatoms. The Kier molecular flexibility index (Phi) is 6.96. The second-order valence-corrected chi connectivity index (χ2v) is 8.57. The van der Waals surface area contributed by atoms with Crippen LogP contribution in [0.4, 0.5) is 10.5 Å². The third-order valence-corrected chi connectivity index (χ3v) is 6.39. The number of hydrogen-bond acceptors (Lipinski definition) is 6. The van der Waals surface area contributed by atoms with Gasteiger partial charge in [0.15, 0.2) is 0 Å². The number of ether oxygens (including phenoxy) is 1. The van der Waals surface area contributed by atoms with Gasteiger partial charge in [0.2, 0.25) is 5.01 Å². The van der Waals surface area contributed by atoms with Crippen LogP contribution in [0.15, 0.2) is 54.6 Å². The predicted octanol–water partition coefficient (Wildman–Crippen LogP) is 3.89. The van der Waals surface area contributed by atoms with Crippen LogP contribution < -0.4 is 15.4 Å². The number of amides is 3. The zero-order valence-electron chi connectivity index (χ0n) is 17.8. The van der Waals surface area contributed by atoms with Gasteiger partial charge in [-0.05, 0) is 42.7 Å². The van der Waals surface area contributed by atoms with Gasteiger partial charge in [-0.2, -0.15) is 0 Å². The van der Waals surface area contributed by atoms with Crippen molar-refractivity contribution in [3.05, 3.63) is 70.2 Å². The molecule has 8 nitrogen and oxygen atoms in total. The van der Waals surface area contributed by atoms with Crippen molar-refractivity contribution in [2.75, 3.05) is 25.5 Å². The first-order valence-corrected chi connectivity index (χ1v) is 11.3. The van der Waals surface area contributed by atoms with E-state index in [0.29, 0.717) is 30.3 Å². The second-order valence-electron chi connectivity index (χ2n) is 7.56. The van der Waals surface area contributed by atoms with Gasteiger partial charge in [-0.25, -0.2) is 4.79 Å². The van der Waals surface area contributed by atoms with Gasteiger partial charge in [0, 0.05) is 31.2 Å². The Morgan fingerprint density at radius 2 is 2.00 bits per heavy atom. The Morgan fingerprint density at radius 1 is 1.16 bits per heavy atom. The van der Waals surface area contributed by atoms with E-state index in [1.165, 1.54) is 11.3 Å². The molecule has 0 aliphatic carbocycles. The van der Waals surface area contributed by atoms with Crippen molar-refractivity contribution >= 4 is 29.0 Å². The average molecular weight is 452 g/mol. The highest BCUT2D eigenvalue weighted by atomic mass is 32.1. The quantitative estimate of drug-likeness (QED) is 0.593. The minimum Gasteiger partial charge on any atom is -0.497 e. The van der Waals surface area contributed by atoms with E-state index in [4.69, 9.17) is 4.74 Å². The molecule has 32 heavy (non-hydrogen) atoms. The molecule has 0 bridgehead atoms. The monoisotopic (exact) mass is 451 g/mol. The van der Waals surface area contributed by atoms with Crippen molar-refractivity contribution in [3.8, 4) is 5.75 Å². The van der Waals surface area contributed by atoms with E-state index in [1.807, 2.05) is 54.6 Å². The SMILES string of the molecule is COc1cccc(CNC(=O)N2CCCC(c3nnc(C(=O)Nc4ccccc4)s3)C2)c1. The van der Waals surface area contributed by atoms with Crippen LogP contribution in [0.2, 0.25) is 0 Å². The van der Waals surface area contributed by atoms with Crippen molar-refractivity contribution in [1.29, 1.82) is 0 Å². The second kappa shape index (κ2) is 10.2. The minimum atomic E-state index is -0.274. The van der Waals surface area contributed by atoms with Crippen LogP contribution in [0.1, 0.15) is 39.1 Å².